The van der Waals surface area contributed by atoms with Crippen LogP contribution in [-0.2, 0) is 4.79 Å². The molecule has 3 heteroatoms. The zero-order valence-electron chi connectivity index (χ0n) is 9.03. The van der Waals surface area contributed by atoms with Gasteiger partial charge in [0.15, 0.2) is 0 Å². The van der Waals surface area contributed by atoms with Gasteiger partial charge in [-0.25, -0.2) is 0 Å². The summed E-state index contributed by atoms with van der Waals surface area (Å²) in [6.45, 7) is 0. The van der Waals surface area contributed by atoms with Crippen molar-refractivity contribution in [3.63, 3.8) is 0 Å². The highest BCUT2D eigenvalue weighted by molar-refractivity contribution is 6.31. The van der Waals surface area contributed by atoms with Crippen molar-refractivity contribution in [3.05, 3.63) is 34.9 Å². The number of halogens is 1. The standard InChI is InChI=1S/C13H15ClO2/c14-12-4-2-1-3-11(12)10-7-9(8-10)5-6-13(15)16/h1-4,9-10H,5-8H2,(H,15,16). The summed E-state index contributed by atoms with van der Waals surface area (Å²) in [7, 11) is 0. The smallest absolute Gasteiger partial charge is 0.303 e. The molecule has 1 fully saturated rings. The molecule has 2 rings (SSSR count). The van der Waals surface area contributed by atoms with Gasteiger partial charge in [-0.3, -0.25) is 4.79 Å². The van der Waals surface area contributed by atoms with Gasteiger partial charge in [0.05, 0.1) is 0 Å². The molecule has 0 aliphatic heterocycles. The molecule has 0 spiro atoms. The van der Waals surface area contributed by atoms with Crippen LogP contribution in [0.3, 0.4) is 0 Å². The number of carboxylic acids is 1. The van der Waals surface area contributed by atoms with Gasteiger partial charge in [-0.15, -0.1) is 0 Å². The molecule has 2 nitrogen and oxygen atoms in total. The highest BCUT2D eigenvalue weighted by Crippen LogP contribution is 2.45. The third kappa shape index (κ3) is 2.56. The van der Waals surface area contributed by atoms with Gasteiger partial charge in [-0.1, -0.05) is 29.8 Å². The van der Waals surface area contributed by atoms with Gasteiger partial charge in [0, 0.05) is 11.4 Å². The van der Waals surface area contributed by atoms with Crippen molar-refractivity contribution in [2.45, 2.75) is 31.6 Å². The zero-order chi connectivity index (χ0) is 11.5. The molecule has 1 aliphatic rings. The van der Waals surface area contributed by atoms with Crippen LogP contribution in [0.1, 0.15) is 37.2 Å². The summed E-state index contributed by atoms with van der Waals surface area (Å²) in [6, 6.07) is 7.93. The van der Waals surface area contributed by atoms with E-state index in [2.05, 4.69) is 6.07 Å². The number of hydrogen-bond donors (Lipinski definition) is 1. The topological polar surface area (TPSA) is 37.3 Å². The number of rotatable bonds is 4. The fourth-order valence-electron chi connectivity index (χ4n) is 2.36. The summed E-state index contributed by atoms with van der Waals surface area (Å²) in [5.74, 6) is 0.408. The Morgan fingerprint density at radius 1 is 1.38 bits per heavy atom. The predicted molar refractivity (Wildman–Crippen MR) is 63.8 cm³/mol. The lowest BCUT2D eigenvalue weighted by atomic mass is 9.70. The number of aliphatic carboxylic acids is 1. The van der Waals surface area contributed by atoms with Crippen molar-refractivity contribution in [1.29, 1.82) is 0 Å². The molecule has 0 aromatic heterocycles. The second-order valence-electron chi connectivity index (χ2n) is 4.49. The largest absolute Gasteiger partial charge is 0.481 e. The van der Waals surface area contributed by atoms with Gasteiger partial charge in [0.2, 0.25) is 0 Å². The number of carboxylic acid groups (broad SMARTS) is 1. The maximum Gasteiger partial charge on any atom is 0.303 e. The maximum absolute atomic E-state index is 10.4. The van der Waals surface area contributed by atoms with E-state index in [1.807, 2.05) is 18.2 Å². The third-order valence-corrected chi connectivity index (χ3v) is 3.69. The monoisotopic (exact) mass is 238 g/mol. The van der Waals surface area contributed by atoms with Crippen molar-refractivity contribution in [2.24, 2.45) is 5.92 Å². The first kappa shape index (κ1) is 11.5. The van der Waals surface area contributed by atoms with E-state index in [1.54, 1.807) is 0 Å². The molecule has 0 unspecified atom stereocenters. The summed E-state index contributed by atoms with van der Waals surface area (Å²) in [4.78, 5) is 10.4. The van der Waals surface area contributed by atoms with Crippen LogP contribution in [0.25, 0.3) is 0 Å². The van der Waals surface area contributed by atoms with Crippen molar-refractivity contribution >= 4 is 17.6 Å². The Bertz CT molecular complexity index is 383. The van der Waals surface area contributed by atoms with Crippen molar-refractivity contribution in [3.8, 4) is 0 Å². The van der Waals surface area contributed by atoms with Gasteiger partial charge in [0.25, 0.3) is 0 Å². The molecule has 0 saturated heterocycles. The van der Waals surface area contributed by atoms with Crippen molar-refractivity contribution in [2.75, 3.05) is 0 Å². The molecule has 0 atom stereocenters. The van der Waals surface area contributed by atoms with E-state index in [9.17, 15) is 4.79 Å². The fourth-order valence-corrected chi connectivity index (χ4v) is 2.65. The van der Waals surface area contributed by atoms with E-state index < -0.39 is 5.97 Å². The predicted octanol–water partition coefficient (Wildman–Crippen LogP) is 3.70. The van der Waals surface area contributed by atoms with Crippen LogP contribution in [0.15, 0.2) is 24.3 Å². The summed E-state index contributed by atoms with van der Waals surface area (Å²) in [5, 5.41) is 9.43. The lowest BCUT2D eigenvalue weighted by Gasteiger charge is -2.36. The van der Waals surface area contributed by atoms with Gasteiger partial charge in [-0.2, -0.15) is 0 Å². The summed E-state index contributed by atoms with van der Waals surface area (Å²) in [6.07, 6.45) is 3.25. The van der Waals surface area contributed by atoms with Crippen LogP contribution < -0.4 is 0 Å². The van der Waals surface area contributed by atoms with E-state index in [0.29, 0.717) is 18.3 Å². The van der Waals surface area contributed by atoms with Gasteiger partial charge in [-0.05, 0) is 42.7 Å². The lowest BCUT2D eigenvalue weighted by molar-refractivity contribution is -0.137. The Hall–Kier alpha value is -1.02. The first-order valence-corrected chi connectivity index (χ1v) is 6.01. The quantitative estimate of drug-likeness (QED) is 0.869. The SMILES string of the molecule is O=C(O)CCC1CC(c2ccccc2Cl)C1. The molecule has 1 aliphatic carbocycles. The molecule has 0 heterocycles. The van der Waals surface area contributed by atoms with Crippen molar-refractivity contribution < 1.29 is 9.90 Å². The molecule has 0 radical (unpaired) electrons. The normalized spacial score (nSPS) is 23.8. The van der Waals surface area contributed by atoms with Gasteiger partial charge >= 0.3 is 5.97 Å². The van der Waals surface area contributed by atoms with Crippen molar-refractivity contribution in [1.82, 2.24) is 0 Å². The molecule has 1 saturated carbocycles. The fraction of sp³-hybridized carbons (Fsp3) is 0.462. The van der Waals surface area contributed by atoms with E-state index in [-0.39, 0.29) is 0 Å². The van der Waals surface area contributed by atoms with E-state index in [4.69, 9.17) is 16.7 Å². The Morgan fingerprint density at radius 3 is 2.69 bits per heavy atom. The first-order chi connectivity index (χ1) is 7.66. The molecular formula is C13H15ClO2. The van der Waals surface area contributed by atoms with Crippen LogP contribution in [0.2, 0.25) is 5.02 Å². The molecule has 86 valence electrons. The molecule has 0 amide bonds. The Morgan fingerprint density at radius 2 is 2.06 bits per heavy atom. The van der Waals surface area contributed by atoms with Gasteiger partial charge < -0.3 is 5.11 Å². The summed E-state index contributed by atoms with van der Waals surface area (Å²) in [5.41, 5.74) is 1.22. The Balaban J connectivity index is 1.84. The Kier molecular flexibility index (Phi) is 3.49. The number of benzene rings is 1. The first-order valence-electron chi connectivity index (χ1n) is 5.63. The number of hydrogen-bond acceptors (Lipinski definition) is 1. The molecule has 0 bridgehead atoms. The average Bonchev–Trinajstić information content (AvgIpc) is 2.17. The zero-order valence-corrected chi connectivity index (χ0v) is 9.78. The van der Waals surface area contributed by atoms with E-state index in [1.165, 1.54) is 5.56 Å². The third-order valence-electron chi connectivity index (χ3n) is 3.35. The van der Waals surface area contributed by atoms with Crippen LogP contribution in [0.4, 0.5) is 0 Å². The van der Waals surface area contributed by atoms with Crippen LogP contribution in [-0.4, -0.2) is 11.1 Å². The minimum absolute atomic E-state index is 0.292. The highest BCUT2D eigenvalue weighted by atomic mass is 35.5. The highest BCUT2D eigenvalue weighted by Gasteiger charge is 2.31. The molecule has 1 N–H and O–H groups in total. The van der Waals surface area contributed by atoms with Crippen LogP contribution >= 0.6 is 11.6 Å². The lowest BCUT2D eigenvalue weighted by Crippen LogP contribution is -2.22. The maximum atomic E-state index is 10.4. The van der Waals surface area contributed by atoms with E-state index >= 15 is 0 Å². The minimum atomic E-state index is -0.693. The minimum Gasteiger partial charge on any atom is -0.481 e. The second kappa shape index (κ2) is 4.88. The molecule has 1 aromatic rings. The van der Waals surface area contributed by atoms with Crippen LogP contribution in [0.5, 0.6) is 0 Å². The average molecular weight is 239 g/mol. The Labute approximate surface area is 100 Å². The van der Waals surface area contributed by atoms with Crippen LogP contribution in [0, 0.1) is 5.92 Å². The summed E-state index contributed by atoms with van der Waals surface area (Å²) >= 11 is 6.11. The number of carbonyl (C=O) groups is 1. The molecule has 16 heavy (non-hydrogen) atoms. The molecular weight excluding hydrogens is 224 g/mol. The second-order valence-corrected chi connectivity index (χ2v) is 4.90. The van der Waals surface area contributed by atoms with E-state index in [0.717, 1.165) is 24.3 Å². The van der Waals surface area contributed by atoms with Gasteiger partial charge in [0.1, 0.15) is 0 Å². The molecule has 1 aromatic carbocycles. The summed E-state index contributed by atoms with van der Waals surface area (Å²) < 4.78 is 0.